The van der Waals surface area contributed by atoms with E-state index in [1.54, 1.807) is 14.0 Å². The molecule has 3 atom stereocenters. The summed E-state index contributed by atoms with van der Waals surface area (Å²) in [5.74, 6) is 0.919. The molecule has 0 bridgehead atoms. The molecule has 0 spiro atoms. The summed E-state index contributed by atoms with van der Waals surface area (Å²) in [6.45, 7) is 3.08. The maximum atomic E-state index is 12.5. The number of hydrogen-bond acceptors (Lipinski definition) is 5. The molecule has 2 amide bonds. The molecule has 7 nitrogen and oxygen atoms in total. The van der Waals surface area contributed by atoms with Gasteiger partial charge in [-0.15, -0.1) is 0 Å². The Hall–Kier alpha value is -1.89. The van der Waals surface area contributed by atoms with Crippen LogP contribution in [0.2, 0.25) is 0 Å². The van der Waals surface area contributed by atoms with E-state index in [4.69, 9.17) is 4.52 Å². The Morgan fingerprint density at radius 1 is 1.43 bits per heavy atom. The van der Waals surface area contributed by atoms with E-state index in [1.807, 2.05) is 11.9 Å². The summed E-state index contributed by atoms with van der Waals surface area (Å²) < 4.78 is 4.96. The van der Waals surface area contributed by atoms with Gasteiger partial charge in [0.05, 0.1) is 12.2 Å². The van der Waals surface area contributed by atoms with Gasteiger partial charge in [-0.05, 0) is 26.3 Å². The summed E-state index contributed by atoms with van der Waals surface area (Å²) in [6, 6.07) is 0.163. The van der Waals surface area contributed by atoms with Gasteiger partial charge < -0.3 is 14.7 Å². The number of hydrogen-bond donors (Lipinski definition) is 1. The fourth-order valence-corrected chi connectivity index (χ4v) is 3.53. The van der Waals surface area contributed by atoms with E-state index in [2.05, 4.69) is 15.4 Å². The zero-order chi connectivity index (χ0) is 15.1. The van der Waals surface area contributed by atoms with E-state index in [1.165, 1.54) is 6.20 Å². The Kier molecular flexibility index (Phi) is 3.44. The molecule has 0 aliphatic carbocycles. The molecule has 1 N–H and O–H groups in total. The van der Waals surface area contributed by atoms with Crippen molar-refractivity contribution in [3.8, 4) is 0 Å². The van der Waals surface area contributed by atoms with E-state index in [0.717, 1.165) is 6.42 Å². The average Bonchev–Trinajstić information content (AvgIpc) is 3.14. The van der Waals surface area contributed by atoms with E-state index < -0.39 is 0 Å². The normalized spacial score (nSPS) is 28.7. The van der Waals surface area contributed by atoms with Gasteiger partial charge in [0.2, 0.25) is 5.91 Å². The highest BCUT2D eigenvalue weighted by molar-refractivity contribution is 5.95. The molecule has 1 aromatic heterocycles. The number of aromatic nitrogens is 1. The first-order valence-corrected chi connectivity index (χ1v) is 7.17. The molecule has 1 aromatic rings. The van der Waals surface area contributed by atoms with Crippen LogP contribution in [-0.4, -0.2) is 66.0 Å². The molecule has 0 saturated carbocycles. The standard InChI is InChI=1S/C14H20N4O3/c1-8-10(5-16-21-8)14(20)18-6-9-4-11(13(19)15-2)17(3)12(9)7-18/h5,9,11-12H,4,6-7H2,1-3H3,(H,15,19)/t9-,11-,12+/m0/s1. The molecule has 0 unspecified atom stereocenters. The average molecular weight is 292 g/mol. The number of fused-ring (bicyclic) bond motifs is 1. The molecule has 2 aliphatic rings. The number of nitrogens with one attached hydrogen (secondary N) is 1. The lowest BCUT2D eigenvalue weighted by Gasteiger charge is -2.25. The van der Waals surface area contributed by atoms with Gasteiger partial charge in [-0.2, -0.15) is 0 Å². The minimum absolute atomic E-state index is 0.0342. The fourth-order valence-electron chi connectivity index (χ4n) is 3.53. The summed E-state index contributed by atoms with van der Waals surface area (Å²) in [5.41, 5.74) is 0.528. The van der Waals surface area contributed by atoms with Crippen molar-refractivity contribution in [2.45, 2.75) is 25.4 Å². The van der Waals surface area contributed by atoms with Crippen molar-refractivity contribution in [1.82, 2.24) is 20.3 Å². The van der Waals surface area contributed by atoms with Crippen LogP contribution in [0.1, 0.15) is 22.5 Å². The third-order valence-corrected chi connectivity index (χ3v) is 4.76. The lowest BCUT2D eigenvalue weighted by Crippen LogP contribution is -2.45. The number of carbonyl (C=O) groups is 2. The molecule has 2 saturated heterocycles. The molecule has 7 heteroatoms. The highest BCUT2D eigenvalue weighted by atomic mass is 16.5. The molecule has 2 aliphatic heterocycles. The van der Waals surface area contributed by atoms with Crippen molar-refractivity contribution < 1.29 is 14.1 Å². The molecule has 3 heterocycles. The molecule has 21 heavy (non-hydrogen) atoms. The third-order valence-electron chi connectivity index (χ3n) is 4.76. The Morgan fingerprint density at radius 2 is 2.19 bits per heavy atom. The minimum Gasteiger partial charge on any atom is -0.361 e. The molecule has 2 fully saturated rings. The van der Waals surface area contributed by atoms with Crippen LogP contribution in [0.4, 0.5) is 0 Å². The SMILES string of the molecule is CNC(=O)[C@@H]1C[C@H]2CN(C(=O)c3cnoc3C)C[C@H]2N1C. The molecule has 114 valence electrons. The van der Waals surface area contributed by atoms with Gasteiger partial charge in [0.25, 0.3) is 5.91 Å². The molecular formula is C14H20N4O3. The minimum atomic E-state index is -0.0837. The quantitative estimate of drug-likeness (QED) is 0.822. The van der Waals surface area contributed by atoms with Crippen molar-refractivity contribution in [2.24, 2.45) is 5.92 Å². The van der Waals surface area contributed by atoms with Crippen LogP contribution in [0.25, 0.3) is 0 Å². The first kappa shape index (κ1) is 14.1. The zero-order valence-corrected chi connectivity index (χ0v) is 12.5. The van der Waals surface area contributed by atoms with Crippen molar-refractivity contribution in [1.29, 1.82) is 0 Å². The first-order valence-electron chi connectivity index (χ1n) is 7.17. The topological polar surface area (TPSA) is 78.7 Å². The smallest absolute Gasteiger partial charge is 0.259 e. The Morgan fingerprint density at radius 3 is 2.76 bits per heavy atom. The summed E-state index contributed by atoms with van der Waals surface area (Å²) >= 11 is 0. The number of likely N-dealkylation sites (tertiary alicyclic amines) is 2. The second-order valence-electron chi connectivity index (χ2n) is 5.86. The van der Waals surface area contributed by atoms with Crippen LogP contribution in [0.5, 0.6) is 0 Å². The lowest BCUT2D eigenvalue weighted by atomic mass is 10.0. The van der Waals surface area contributed by atoms with Gasteiger partial charge in [0.15, 0.2) is 0 Å². The Balaban J connectivity index is 1.70. The maximum Gasteiger partial charge on any atom is 0.259 e. The van der Waals surface area contributed by atoms with Crippen LogP contribution in [0.3, 0.4) is 0 Å². The van der Waals surface area contributed by atoms with Crippen molar-refractivity contribution in [3.05, 3.63) is 17.5 Å². The molecule has 0 radical (unpaired) electrons. The largest absolute Gasteiger partial charge is 0.361 e. The Labute approximate surface area is 123 Å². The van der Waals surface area contributed by atoms with E-state index >= 15 is 0 Å². The van der Waals surface area contributed by atoms with Crippen LogP contribution in [-0.2, 0) is 4.79 Å². The van der Waals surface area contributed by atoms with Gasteiger partial charge in [-0.3, -0.25) is 14.5 Å². The van der Waals surface area contributed by atoms with Crippen molar-refractivity contribution in [3.63, 3.8) is 0 Å². The highest BCUT2D eigenvalue weighted by Gasteiger charge is 2.48. The number of rotatable bonds is 2. The molecular weight excluding hydrogens is 272 g/mol. The lowest BCUT2D eigenvalue weighted by molar-refractivity contribution is -0.125. The Bertz CT molecular complexity index is 570. The first-order chi connectivity index (χ1) is 10.0. The summed E-state index contributed by atoms with van der Waals surface area (Å²) in [6.07, 6.45) is 2.27. The fraction of sp³-hybridized carbons (Fsp3) is 0.643. The molecule has 3 rings (SSSR count). The van der Waals surface area contributed by atoms with Crippen LogP contribution in [0, 0.1) is 12.8 Å². The van der Waals surface area contributed by atoms with Crippen LogP contribution in [0.15, 0.2) is 10.7 Å². The molecule has 0 aromatic carbocycles. The van der Waals surface area contributed by atoms with Crippen LogP contribution >= 0.6 is 0 Å². The number of carbonyl (C=O) groups excluding carboxylic acids is 2. The zero-order valence-electron chi connectivity index (χ0n) is 12.5. The number of aryl methyl sites for hydroxylation is 1. The number of nitrogens with zero attached hydrogens (tertiary/aromatic N) is 3. The van der Waals surface area contributed by atoms with E-state index in [9.17, 15) is 9.59 Å². The summed E-state index contributed by atoms with van der Waals surface area (Å²) in [4.78, 5) is 28.2. The number of likely N-dealkylation sites (N-methyl/N-ethyl adjacent to an activating group) is 2. The van der Waals surface area contributed by atoms with Gasteiger partial charge in [0.1, 0.15) is 11.3 Å². The second kappa shape index (κ2) is 5.14. The summed E-state index contributed by atoms with van der Waals surface area (Å²) in [7, 11) is 3.62. The predicted octanol–water partition coefficient (Wildman–Crippen LogP) is -0.126. The van der Waals surface area contributed by atoms with Gasteiger partial charge in [-0.25, -0.2) is 0 Å². The van der Waals surface area contributed by atoms with Gasteiger partial charge in [-0.1, -0.05) is 5.16 Å². The number of amides is 2. The summed E-state index contributed by atoms with van der Waals surface area (Å²) in [5, 5.41) is 6.37. The highest BCUT2D eigenvalue weighted by Crippen LogP contribution is 2.35. The van der Waals surface area contributed by atoms with E-state index in [-0.39, 0.29) is 23.9 Å². The monoisotopic (exact) mass is 292 g/mol. The predicted molar refractivity (Wildman–Crippen MR) is 74.7 cm³/mol. The van der Waals surface area contributed by atoms with Gasteiger partial charge in [0, 0.05) is 26.2 Å². The van der Waals surface area contributed by atoms with Crippen molar-refractivity contribution >= 4 is 11.8 Å². The second-order valence-corrected chi connectivity index (χ2v) is 5.86. The maximum absolute atomic E-state index is 12.5. The third kappa shape index (κ3) is 2.21. The van der Waals surface area contributed by atoms with Gasteiger partial charge >= 0.3 is 0 Å². The van der Waals surface area contributed by atoms with Crippen molar-refractivity contribution in [2.75, 3.05) is 27.2 Å². The van der Waals surface area contributed by atoms with E-state index in [0.29, 0.717) is 30.3 Å². The van der Waals surface area contributed by atoms with Crippen LogP contribution < -0.4 is 5.32 Å².